The molecule has 2 amide bonds. The van der Waals surface area contributed by atoms with Crippen molar-refractivity contribution in [3.05, 3.63) is 124 Å². The monoisotopic (exact) mass is 719 g/mol. The third-order valence-corrected chi connectivity index (χ3v) is 9.86. The van der Waals surface area contributed by atoms with Crippen LogP contribution < -0.4 is 14.4 Å². The molecular weight excluding hydrogens is 678 g/mol. The number of rotatable bonds is 15. The zero-order valence-electron chi connectivity index (χ0n) is 27.2. The minimum Gasteiger partial charge on any atom is -0.494 e. The number of anilines is 1. The van der Waals surface area contributed by atoms with Crippen LogP contribution in [-0.4, -0.2) is 50.9 Å². The highest BCUT2D eigenvalue weighted by Crippen LogP contribution is 2.27. The van der Waals surface area contributed by atoms with E-state index in [2.05, 4.69) is 21.2 Å². The molecule has 0 aromatic heterocycles. The Morgan fingerprint density at radius 3 is 2.09 bits per heavy atom. The van der Waals surface area contributed by atoms with Crippen molar-refractivity contribution in [2.24, 2.45) is 5.92 Å². The number of nitrogens with zero attached hydrogens (tertiary/aromatic N) is 2. The average Bonchev–Trinajstić information content (AvgIpc) is 3.06. The van der Waals surface area contributed by atoms with Crippen LogP contribution in [0.2, 0.25) is 0 Å². The van der Waals surface area contributed by atoms with E-state index < -0.39 is 28.5 Å². The van der Waals surface area contributed by atoms with Crippen LogP contribution in [0, 0.1) is 12.8 Å². The van der Waals surface area contributed by atoms with Gasteiger partial charge in [-0.15, -0.1) is 0 Å². The average molecular weight is 721 g/mol. The smallest absolute Gasteiger partial charge is 0.264 e. The van der Waals surface area contributed by atoms with Crippen molar-refractivity contribution in [3.63, 3.8) is 0 Å². The Morgan fingerprint density at radius 2 is 1.49 bits per heavy atom. The normalized spacial score (nSPS) is 12.0. The second-order valence-electron chi connectivity index (χ2n) is 11.7. The van der Waals surface area contributed by atoms with Gasteiger partial charge in [-0.25, -0.2) is 8.42 Å². The number of carbonyl (C=O) groups is 2. The number of hydrogen-bond donors (Lipinski definition) is 1. The topological polar surface area (TPSA) is 96.0 Å². The van der Waals surface area contributed by atoms with Crippen LogP contribution in [0.25, 0.3) is 0 Å². The molecule has 8 nitrogen and oxygen atoms in total. The fourth-order valence-electron chi connectivity index (χ4n) is 5.00. The van der Waals surface area contributed by atoms with Crippen molar-refractivity contribution in [1.29, 1.82) is 0 Å². The Morgan fingerprint density at radius 1 is 0.851 bits per heavy atom. The van der Waals surface area contributed by atoms with E-state index in [1.54, 1.807) is 36.4 Å². The molecule has 4 rings (SSSR count). The highest BCUT2D eigenvalue weighted by molar-refractivity contribution is 9.10. The second-order valence-corrected chi connectivity index (χ2v) is 14.5. The van der Waals surface area contributed by atoms with E-state index in [9.17, 15) is 18.0 Å². The van der Waals surface area contributed by atoms with Crippen molar-refractivity contribution in [1.82, 2.24) is 10.2 Å². The molecule has 0 bridgehead atoms. The molecule has 0 aliphatic carbocycles. The summed E-state index contributed by atoms with van der Waals surface area (Å²) in [6, 6.07) is 29.2. The van der Waals surface area contributed by atoms with E-state index in [1.165, 1.54) is 17.0 Å². The number of hydrogen-bond acceptors (Lipinski definition) is 5. The van der Waals surface area contributed by atoms with Crippen molar-refractivity contribution in [3.8, 4) is 5.75 Å². The first-order valence-electron chi connectivity index (χ1n) is 15.7. The maximum atomic E-state index is 14.6. The Kier molecular flexibility index (Phi) is 12.6. The lowest BCUT2D eigenvalue weighted by Crippen LogP contribution is -2.53. The SMILES string of the molecule is CCOc1ccc(S(=O)(=O)N(CC(=O)N(Cc2ccc(Br)cc2)C(Cc2ccccc2)C(=O)NCC(C)C)c2ccc(C)cc2)cc1. The number of benzene rings is 4. The van der Waals surface area contributed by atoms with Crippen LogP contribution in [-0.2, 0) is 32.6 Å². The van der Waals surface area contributed by atoms with Crippen LogP contribution in [0.3, 0.4) is 0 Å². The first kappa shape index (κ1) is 35.7. The quantitative estimate of drug-likeness (QED) is 0.147. The maximum absolute atomic E-state index is 14.6. The van der Waals surface area contributed by atoms with Gasteiger partial charge in [-0.2, -0.15) is 0 Å². The summed E-state index contributed by atoms with van der Waals surface area (Å²) < 4.78 is 36.0. The van der Waals surface area contributed by atoms with Gasteiger partial charge in [0.25, 0.3) is 10.0 Å². The van der Waals surface area contributed by atoms with Gasteiger partial charge in [-0.05, 0) is 79.4 Å². The molecule has 4 aromatic carbocycles. The molecule has 0 fully saturated rings. The van der Waals surface area contributed by atoms with Gasteiger partial charge in [0.05, 0.1) is 17.2 Å². The number of sulfonamides is 1. The molecule has 0 heterocycles. The molecule has 0 saturated heterocycles. The van der Waals surface area contributed by atoms with Crippen molar-refractivity contribution in [2.75, 3.05) is 24.0 Å². The minimum absolute atomic E-state index is 0.0179. The largest absolute Gasteiger partial charge is 0.494 e. The summed E-state index contributed by atoms with van der Waals surface area (Å²) in [5, 5.41) is 3.01. The Bertz CT molecular complexity index is 1710. The number of carbonyl (C=O) groups excluding carboxylic acids is 2. The molecular formula is C37H42BrN3O5S. The van der Waals surface area contributed by atoms with Crippen LogP contribution in [0.1, 0.15) is 37.5 Å². The van der Waals surface area contributed by atoms with Crippen LogP contribution in [0.4, 0.5) is 5.69 Å². The van der Waals surface area contributed by atoms with Crippen LogP contribution in [0.5, 0.6) is 5.75 Å². The van der Waals surface area contributed by atoms with Gasteiger partial charge in [0.1, 0.15) is 18.3 Å². The van der Waals surface area contributed by atoms with Gasteiger partial charge >= 0.3 is 0 Å². The zero-order chi connectivity index (χ0) is 34.0. The molecule has 4 aromatic rings. The predicted octanol–water partition coefficient (Wildman–Crippen LogP) is 6.76. The third kappa shape index (κ3) is 9.92. The second kappa shape index (κ2) is 16.6. The van der Waals surface area contributed by atoms with E-state index in [0.29, 0.717) is 24.6 Å². The lowest BCUT2D eigenvalue weighted by Gasteiger charge is -2.34. The molecule has 1 atom stereocenters. The molecule has 0 spiro atoms. The van der Waals surface area contributed by atoms with E-state index in [4.69, 9.17) is 4.74 Å². The number of ether oxygens (including phenoxy) is 1. The van der Waals surface area contributed by atoms with Gasteiger partial charge < -0.3 is 15.0 Å². The molecule has 248 valence electrons. The summed E-state index contributed by atoms with van der Waals surface area (Å²) in [5.74, 6) is -0.0719. The molecule has 10 heteroatoms. The van der Waals surface area contributed by atoms with E-state index >= 15 is 0 Å². The molecule has 0 aliphatic rings. The molecule has 1 N–H and O–H groups in total. The van der Waals surface area contributed by atoms with Gasteiger partial charge in [-0.1, -0.05) is 89.9 Å². The van der Waals surface area contributed by atoms with Gasteiger partial charge in [0, 0.05) is 24.0 Å². The van der Waals surface area contributed by atoms with Gasteiger partial charge in [0.2, 0.25) is 11.8 Å². The lowest BCUT2D eigenvalue weighted by atomic mass is 10.0. The zero-order valence-corrected chi connectivity index (χ0v) is 29.6. The highest BCUT2D eigenvalue weighted by atomic mass is 79.9. The first-order valence-corrected chi connectivity index (χ1v) is 17.9. The standard InChI is InChI=1S/C37H42BrN3O5S/c1-5-46-33-19-21-34(22-20-33)47(44,45)41(32-17-11-28(4)12-18-32)26-36(42)40(25-30-13-15-31(38)16-14-30)35(37(43)39-24-27(2)3)23-29-9-7-6-8-10-29/h6-22,27,35H,5,23-26H2,1-4H3,(H,39,43). The van der Waals surface area contributed by atoms with Gasteiger partial charge in [-0.3, -0.25) is 13.9 Å². The highest BCUT2D eigenvalue weighted by Gasteiger charge is 2.34. The fourth-order valence-corrected chi connectivity index (χ4v) is 6.68. The third-order valence-electron chi connectivity index (χ3n) is 7.55. The minimum atomic E-state index is -4.21. The molecule has 0 aliphatic heterocycles. The van der Waals surface area contributed by atoms with Crippen molar-refractivity contribution < 1.29 is 22.7 Å². The predicted molar refractivity (Wildman–Crippen MR) is 190 cm³/mol. The maximum Gasteiger partial charge on any atom is 0.264 e. The number of nitrogens with one attached hydrogen (secondary N) is 1. The first-order chi connectivity index (χ1) is 22.5. The number of aryl methyl sites for hydroxylation is 1. The van der Waals surface area contributed by atoms with Crippen molar-refractivity contribution >= 4 is 43.5 Å². The number of amides is 2. The Labute approximate surface area is 286 Å². The summed E-state index contributed by atoms with van der Waals surface area (Å²) in [4.78, 5) is 30.0. The Hall–Kier alpha value is -4.15. The van der Waals surface area contributed by atoms with E-state index in [1.807, 2.05) is 82.3 Å². The van der Waals surface area contributed by atoms with Crippen LogP contribution in [0.15, 0.2) is 112 Å². The Balaban J connectivity index is 1.78. The lowest BCUT2D eigenvalue weighted by molar-refractivity contribution is -0.140. The summed E-state index contributed by atoms with van der Waals surface area (Å²) in [5.41, 5.74) is 2.96. The van der Waals surface area contributed by atoms with Crippen molar-refractivity contribution in [2.45, 2.75) is 51.6 Å². The van der Waals surface area contributed by atoms with Crippen LogP contribution >= 0.6 is 15.9 Å². The van der Waals surface area contributed by atoms with Gasteiger partial charge in [0.15, 0.2) is 0 Å². The van der Waals surface area contributed by atoms with E-state index in [0.717, 1.165) is 25.5 Å². The summed E-state index contributed by atoms with van der Waals surface area (Å²) >= 11 is 3.47. The van der Waals surface area contributed by atoms with E-state index in [-0.39, 0.29) is 29.7 Å². The summed E-state index contributed by atoms with van der Waals surface area (Å²) in [6.45, 7) is 8.23. The summed E-state index contributed by atoms with van der Waals surface area (Å²) in [7, 11) is -4.21. The fraction of sp³-hybridized carbons (Fsp3) is 0.297. The summed E-state index contributed by atoms with van der Waals surface area (Å²) in [6.07, 6.45) is 0.253. The molecule has 47 heavy (non-hydrogen) atoms. The molecule has 1 unspecified atom stereocenters. The molecule has 0 saturated carbocycles. The molecule has 0 radical (unpaired) electrons. The number of halogens is 1.